The molecule has 0 bridgehead atoms. The van der Waals surface area contributed by atoms with Crippen LogP contribution < -0.4 is 0 Å². The highest BCUT2D eigenvalue weighted by molar-refractivity contribution is 7.98. The number of aromatic nitrogens is 7. The summed E-state index contributed by atoms with van der Waals surface area (Å²) < 4.78 is 47.6. The van der Waals surface area contributed by atoms with Crippen molar-refractivity contribution in [2.45, 2.75) is 55.8 Å². The number of Topliss-reactive ketones (excluding diaryl/α,β-unsaturated/α-hetero) is 1. The van der Waals surface area contributed by atoms with Gasteiger partial charge in [0.1, 0.15) is 17.8 Å². The van der Waals surface area contributed by atoms with Gasteiger partial charge in [-0.2, -0.15) is 9.49 Å². The lowest BCUT2D eigenvalue weighted by molar-refractivity contribution is 0.0735. The van der Waals surface area contributed by atoms with Crippen LogP contribution in [0.5, 0.6) is 0 Å². The second-order valence-electron chi connectivity index (χ2n) is 11.2. The maximum absolute atomic E-state index is 14.4. The molecule has 216 valence electrons. The molecule has 7 rings (SSSR count). The van der Waals surface area contributed by atoms with Crippen molar-refractivity contribution in [2.24, 2.45) is 12.5 Å². The maximum atomic E-state index is 14.4. The van der Waals surface area contributed by atoms with E-state index in [2.05, 4.69) is 31.0 Å². The van der Waals surface area contributed by atoms with Crippen LogP contribution in [0, 0.1) is 17.2 Å². The Morgan fingerprint density at radius 2 is 1.93 bits per heavy atom. The van der Waals surface area contributed by atoms with Gasteiger partial charge in [-0.15, -0.1) is 5.10 Å². The molecule has 3 aliphatic rings. The van der Waals surface area contributed by atoms with Gasteiger partial charge in [-0.25, -0.2) is 27.6 Å². The second kappa shape index (κ2) is 9.73. The minimum absolute atomic E-state index is 0.0355. The first-order valence-corrected chi connectivity index (χ1v) is 15.4. The smallest absolute Gasteiger partial charge is 0.244 e. The Balaban J connectivity index is 1.33. The van der Waals surface area contributed by atoms with Gasteiger partial charge in [-0.1, -0.05) is 5.57 Å². The van der Waals surface area contributed by atoms with Gasteiger partial charge in [0.25, 0.3) is 0 Å². The largest absolute Gasteiger partial charge is 0.291 e. The van der Waals surface area contributed by atoms with Crippen LogP contribution in [0.3, 0.4) is 0 Å². The highest BCUT2D eigenvalue weighted by atomic mass is 32.2. The predicted molar refractivity (Wildman–Crippen MR) is 151 cm³/mol. The molecule has 4 aromatic rings. The Kier molecular flexibility index (Phi) is 6.21. The molecule has 0 spiro atoms. The lowest BCUT2D eigenvalue weighted by Crippen LogP contribution is -2.51. The molecule has 2 saturated carbocycles. The Morgan fingerprint density at radius 1 is 1.12 bits per heavy atom. The summed E-state index contributed by atoms with van der Waals surface area (Å²) >= 11 is 0. The molecule has 0 N–H and O–H groups in total. The van der Waals surface area contributed by atoms with Crippen molar-refractivity contribution >= 4 is 27.4 Å². The van der Waals surface area contributed by atoms with Crippen molar-refractivity contribution in [3.8, 4) is 5.69 Å². The van der Waals surface area contributed by atoms with E-state index in [1.165, 1.54) is 35.5 Å². The average molecular weight is 591 g/mol. The van der Waals surface area contributed by atoms with E-state index in [-0.39, 0.29) is 35.1 Å². The first-order chi connectivity index (χ1) is 20.2. The molecule has 4 heterocycles. The summed E-state index contributed by atoms with van der Waals surface area (Å²) in [4.78, 5) is 26.6. The molecule has 0 aromatic carbocycles. The number of carbonyl (C=O) groups is 1. The average Bonchev–Trinajstić information content (AvgIpc) is 3.54. The minimum Gasteiger partial charge on any atom is -0.291 e. The standard InChI is InChI=1S/C29H28F2N8O2S/c1-37-17-34-28(36-37)42(2,41)39(21-5-6-21)23-4-3-19-11-25-18(16-35-38(25)22-8-10-33-26(31)13-22)14-29(19,15-23)27(40)24-12-20(30)7-9-32-24/h7-13,16-17,21,23H,2-6,14-15H2,1H3/t23-,29-,42?/m0/s1. The molecule has 0 radical (unpaired) electrons. The summed E-state index contributed by atoms with van der Waals surface area (Å²) in [7, 11) is -1.34. The predicted octanol–water partition coefficient (Wildman–Crippen LogP) is 3.59. The molecule has 3 atom stereocenters. The molecule has 4 aromatic heterocycles. The highest BCUT2D eigenvalue weighted by Gasteiger charge is 2.53. The van der Waals surface area contributed by atoms with Crippen molar-refractivity contribution in [2.75, 3.05) is 0 Å². The second-order valence-corrected chi connectivity index (χ2v) is 13.3. The van der Waals surface area contributed by atoms with Crippen LogP contribution in [0.4, 0.5) is 8.78 Å². The van der Waals surface area contributed by atoms with E-state index in [9.17, 15) is 17.8 Å². The maximum Gasteiger partial charge on any atom is 0.244 e. The van der Waals surface area contributed by atoms with Gasteiger partial charge < -0.3 is 0 Å². The number of pyridine rings is 2. The van der Waals surface area contributed by atoms with Crippen LogP contribution in [0.1, 0.15) is 53.8 Å². The van der Waals surface area contributed by atoms with Crippen molar-refractivity contribution in [1.82, 2.24) is 38.8 Å². The van der Waals surface area contributed by atoms with Crippen LogP contribution in [-0.2, 0) is 23.2 Å². The summed E-state index contributed by atoms with van der Waals surface area (Å²) in [6, 6.07) is 5.11. The SMILES string of the molecule is C=S(=O)(c1ncn(C)n1)N(C1CC1)[C@H]1CCC2=Cc3c(cnn3-c3ccnc(F)c3)C[C@]2(C(=O)c2cc(F)ccn2)C1. The molecule has 10 nitrogen and oxygen atoms in total. The topological polar surface area (TPSA) is 112 Å². The number of fused-ring (bicyclic) bond motifs is 2. The van der Waals surface area contributed by atoms with Gasteiger partial charge in [0.15, 0.2) is 5.78 Å². The lowest BCUT2D eigenvalue weighted by atomic mass is 9.60. The van der Waals surface area contributed by atoms with Gasteiger partial charge >= 0.3 is 0 Å². The van der Waals surface area contributed by atoms with Gasteiger partial charge in [0, 0.05) is 43.7 Å². The van der Waals surface area contributed by atoms with E-state index < -0.39 is 26.9 Å². The fraction of sp³-hybridized carbons (Fsp3) is 0.345. The van der Waals surface area contributed by atoms with Crippen molar-refractivity contribution < 1.29 is 17.8 Å². The Labute approximate surface area is 241 Å². The van der Waals surface area contributed by atoms with Gasteiger partial charge in [0.2, 0.25) is 11.1 Å². The summed E-state index contributed by atoms with van der Waals surface area (Å²) in [5, 5.41) is 9.01. The third-order valence-corrected chi connectivity index (χ3v) is 10.5. The summed E-state index contributed by atoms with van der Waals surface area (Å²) in [6.45, 7) is 0. The number of allylic oxidation sites excluding steroid dienone is 1. The number of ketones is 1. The van der Waals surface area contributed by atoms with Gasteiger partial charge in [0.05, 0.1) is 32.7 Å². The zero-order valence-corrected chi connectivity index (χ0v) is 23.7. The molecule has 2 fully saturated rings. The number of hydrogen-bond acceptors (Lipinski definition) is 7. The quantitative estimate of drug-likeness (QED) is 0.184. The summed E-state index contributed by atoms with van der Waals surface area (Å²) in [5.74, 6) is 2.65. The third kappa shape index (κ3) is 4.38. The Morgan fingerprint density at radius 3 is 2.64 bits per heavy atom. The number of rotatable bonds is 7. The normalized spacial score (nSPS) is 23.1. The number of nitrogens with zero attached hydrogens (tertiary/aromatic N) is 8. The van der Waals surface area contributed by atoms with E-state index in [0.29, 0.717) is 24.9 Å². The first-order valence-electron chi connectivity index (χ1n) is 13.7. The number of hydrogen-bond donors (Lipinski definition) is 0. The highest BCUT2D eigenvalue weighted by Crippen LogP contribution is 2.52. The van der Waals surface area contributed by atoms with Gasteiger partial charge in [-0.3, -0.25) is 14.5 Å². The van der Waals surface area contributed by atoms with Crippen molar-refractivity contribution in [3.05, 3.63) is 83.5 Å². The van der Waals surface area contributed by atoms with E-state index in [1.54, 1.807) is 24.0 Å². The zero-order valence-electron chi connectivity index (χ0n) is 22.9. The van der Waals surface area contributed by atoms with Crippen molar-refractivity contribution in [1.29, 1.82) is 0 Å². The molecule has 0 amide bonds. The molecule has 0 saturated heterocycles. The third-order valence-electron chi connectivity index (χ3n) is 8.45. The number of aryl methyl sites for hydroxylation is 1. The number of carbonyl (C=O) groups excluding carboxylic acids is 1. The van der Waals surface area contributed by atoms with Crippen LogP contribution >= 0.6 is 0 Å². The molecular formula is C29H28F2N8O2S. The Bertz CT molecular complexity index is 1860. The van der Waals surface area contributed by atoms with Gasteiger partial charge in [-0.05, 0) is 68.2 Å². The fourth-order valence-corrected chi connectivity index (χ4v) is 8.48. The van der Waals surface area contributed by atoms with E-state index >= 15 is 0 Å². The zero-order chi connectivity index (χ0) is 29.2. The van der Waals surface area contributed by atoms with Crippen LogP contribution in [0.15, 0.2) is 59.9 Å². The van der Waals surface area contributed by atoms with E-state index in [1.807, 2.05) is 10.4 Å². The molecule has 42 heavy (non-hydrogen) atoms. The van der Waals surface area contributed by atoms with Crippen LogP contribution in [0.2, 0.25) is 0 Å². The number of halogens is 2. The molecular weight excluding hydrogens is 562 g/mol. The molecule has 13 heteroatoms. The van der Waals surface area contributed by atoms with Crippen LogP contribution in [-0.4, -0.2) is 66.8 Å². The molecule has 3 aliphatic carbocycles. The summed E-state index contributed by atoms with van der Waals surface area (Å²) in [5.41, 5.74) is 1.88. The van der Waals surface area contributed by atoms with Crippen LogP contribution in [0.25, 0.3) is 11.8 Å². The van der Waals surface area contributed by atoms with E-state index in [0.717, 1.165) is 35.7 Å². The van der Waals surface area contributed by atoms with E-state index in [4.69, 9.17) is 0 Å². The molecule has 1 unspecified atom stereocenters. The lowest BCUT2D eigenvalue weighted by Gasteiger charge is -2.47. The molecule has 0 aliphatic heterocycles. The first kappa shape index (κ1) is 26.8. The van der Waals surface area contributed by atoms with Crippen molar-refractivity contribution in [3.63, 3.8) is 0 Å². The monoisotopic (exact) mass is 590 g/mol. The summed E-state index contributed by atoms with van der Waals surface area (Å²) in [6.07, 6.45) is 11.3. The minimum atomic E-state index is -3.05. The fourth-order valence-electron chi connectivity index (χ4n) is 6.47. The Hall–Kier alpha value is -4.10.